The van der Waals surface area contributed by atoms with Gasteiger partial charge in [-0.3, -0.25) is 0 Å². The average molecular weight is 296 g/mol. The molecular weight excluding hydrogens is 272 g/mol. The molecule has 0 saturated heterocycles. The SMILES string of the molecule is CN(C)CCC1(CO)c2ccccc2N(C)c2ccccc21. The Balaban J connectivity index is 2.22. The summed E-state index contributed by atoms with van der Waals surface area (Å²) in [4.78, 5) is 4.41. The molecule has 0 amide bonds. The van der Waals surface area contributed by atoms with Crippen LogP contribution in [-0.2, 0) is 5.41 Å². The molecule has 3 heteroatoms. The van der Waals surface area contributed by atoms with Crippen molar-refractivity contribution in [3.8, 4) is 0 Å². The van der Waals surface area contributed by atoms with E-state index in [1.165, 1.54) is 22.5 Å². The Hall–Kier alpha value is -1.84. The third-order valence-corrected chi connectivity index (χ3v) is 4.82. The first kappa shape index (κ1) is 15.1. The van der Waals surface area contributed by atoms with E-state index in [2.05, 4.69) is 79.5 Å². The molecule has 0 aliphatic carbocycles. The van der Waals surface area contributed by atoms with E-state index < -0.39 is 0 Å². The van der Waals surface area contributed by atoms with E-state index in [1.54, 1.807) is 0 Å². The molecule has 0 aromatic heterocycles. The molecule has 0 atom stereocenters. The number of aliphatic hydroxyl groups excluding tert-OH is 1. The normalized spacial score (nSPS) is 15.6. The summed E-state index contributed by atoms with van der Waals surface area (Å²) < 4.78 is 0. The summed E-state index contributed by atoms with van der Waals surface area (Å²) in [6.07, 6.45) is 0.901. The third kappa shape index (κ3) is 2.21. The quantitative estimate of drug-likeness (QED) is 0.939. The van der Waals surface area contributed by atoms with Gasteiger partial charge in [-0.15, -0.1) is 0 Å². The molecule has 0 unspecified atom stereocenters. The van der Waals surface area contributed by atoms with Crippen molar-refractivity contribution in [1.82, 2.24) is 4.90 Å². The molecule has 0 spiro atoms. The van der Waals surface area contributed by atoms with Crippen LogP contribution in [0.5, 0.6) is 0 Å². The molecule has 3 rings (SSSR count). The third-order valence-electron chi connectivity index (χ3n) is 4.82. The van der Waals surface area contributed by atoms with Crippen LogP contribution >= 0.6 is 0 Å². The van der Waals surface area contributed by atoms with Crippen LogP contribution in [0.4, 0.5) is 11.4 Å². The largest absolute Gasteiger partial charge is 0.395 e. The first-order chi connectivity index (χ1) is 10.6. The molecule has 22 heavy (non-hydrogen) atoms. The van der Waals surface area contributed by atoms with E-state index in [0.717, 1.165) is 13.0 Å². The smallest absolute Gasteiger partial charge is 0.0570 e. The Kier molecular flexibility index (Phi) is 3.94. The Morgan fingerprint density at radius 3 is 1.91 bits per heavy atom. The molecule has 0 radical (unpaired) electrons. The zero-order valence-electron chi connectivity index (χ0n) is 13.6. The highest BCUT2D eigenvalue weighted by atomic mass is 16.3. The zero-order valence-corrected chi connectivity index (χ0v) is 13.6. The lowest BCUT2D eigenvalue weighted by Crippen LogP contribution is -2.40. The van der Waals surface area contributed by atoms with Gasteiger partial charge in [-0.25, -0.2) is 0 Å². The van der Waals surface area contributed by atoms with Crippen LogP contribution in [0.1, 0.15) is 17.5 Å². The number of nitrogens with zero attached hydrogens (tertiary/aromatic N) is 2. The first-order valence-corrected chi connectivity index (χ1v) is 7.78. The molecule has 0 bridgehead atoms. The second-order valence-corrected chi connectivity index (χ2v) is 6.39. The van der Waals surface area contributed by atoms with E-state index in [9.17, 15) is 5.11 Å². The van der Waals surface area contributed by atoms with Crippen molar-refractivity contribution in [2.75, 3.05) is 39.2 Å². The van der Waals surface area contributed by atoms with Gasteiger partial charge in [0.15, 0.2) is 0 Å². The maximum absolute atomic E-state index is 10.4. The average Bonchev–Trinajstić information content (AvgIpc) is 2.55. The van der Waals surface area contributed by atoms with Gasteiger partial charge < -0.3 is 14.9 Å². The number of anilines is 2. The van der Waals surface area contributed by atoms with Crippen molar-refractivity contribution >= 4 is 11.4 Å². The molecular formula is C19H24N2O. The van der Waals surface area contributed by atoms with Gasteiger partial charge in [0.2, 0.25) is 0 Å². The van der Waals surface area contributed by atoms with Crippen LogP contribution in [0.15, 0.2) is 48.5 Å². The molecule has 116 valence electrons. The standard InChI is InChI=1S/C19H24N2O/c1-20(2)13-12-19(14-22)15-8-4-6-10-17(15)21(3)18-11-7-5-9-16(18)19/h4-11,22H,12-14H2,1-3H3. The highest BCUT2D eigenvalue weighted by Gasteiger charge is 2.41. The summed E-state index contributed by atoms with van der Waals surface area (Å²) in [5.74, 6) is 0. The maximum Gasteiger partial charge on any atom is 0.0570 e. The highest BCUT2D eigenvalue weighted by Crippen LogP contribution is 2.49. The Morgan fingerprint density at radius 2 is 1.45 bits per heavy atom. The van der Waals surface area contributed by atoms with E-state index in [1.807, 2.05) is 0 Å². The summed E-state index contributed by atoms with van der Waals surface area (Å²) >= 11 is 0. The lowest BCUT2D eigenvalue weighted by atomic mass is 9.69. The van der Waals surface area contributed by atoms with Crippen molar-refractivity contribution in [2.24, 2.45) is 0 Å². The molecule has 2 aromatic rings. The summed E-state index contributed by atoms with van der Waals surface area (Å²) in [6.45, 7) is 1.07. The molecule has 3 nitrogen and oxygen atoms in total. The van der Waals surface area contributed by atoms with Crippen molar-refractivity contribution < 1.29 is 5.11 Å². The van der Waals surface area contributed by atoms with Crippen LogP contribution in [0.25, 0.3) is 0 Å². The Morgan fingerprint density at radius 1 is 0.955 bits per heavy atom. The van der Waals surface area contributed by atoms with Crippen LogP contribution in [-0.4, -0.2) is 44.3 Å². The van der Waals surface area contributed by atoms with Crippen molar-refractivity contribution in [2.45, 2.75) is 11.8 Å². The molecule has 1 heterocycles. The number of hydrogen-bond acceptors (Lipinski definition) is 3. The van der Waals surface area contributed by atoms with Gasteiger partial charge in [0.1, 0.15) is 0 Å². The number of rotatable bonds is 4. The molecule has 2 aromatic carbocycles. The first-order valence-electron chi connectivity index (χ1n) is 7.78. The lowest BCUT2D eigenvalue weighted by Gasteiger charge is -2.44. The number of hydrogen-bond donors (Lipinski definition) is 1. The predicted molar refractivity (Wildman–Crippen MR) is 92.0 cm³/mol. The van der Waals surface area contributed by atoms with Gasteiger partial charge in [0.25, 0.3) is 0 Å². The number of para-hydroxylation sites is 2. The minimum atomic E-state index is -0.329. The molecule has 0 fully saturated rings. The van der Waals surface area contributed by atoms with Crippen molar-refractivity contribution in [3.63, 3.8) is 0 Å². The van der Waals surface area contributed by atoms with Gasteiger partial charge in [-0.05, 0) is 50.3 Å². The lowest BCUT2D eigenvalue weighted by molar-refractivity contribution is 0.198. The second kappa shape index (κ2) is 5.75. The van der Waals surface area contributed by atoms with Crippen molar-refractivity contribution in [1.29, 1.82) is 0 Å². The van der Waals surface area contributed by atoms with Gasteiger partial charge in [-0.1, -0.05) is 36.4 Å². The van der Waals surface area contributed by atoms with E-state index in [0.29, 0.717) is 0 Å². The molecule has 1 aliphatic heterocycles. The number of aliphatic hydroxyl groups is 1. The van der Waals surface area contributed by atoms with Crippen LogP contribution in [0.3, 0.4) is 0 Å². The van der Waals surface area contributed by atoms with E-state index in [4.69, 9.17) is 0 Å². The number of benzene rings is 2. The van der Waals surface area contributed by atoms with Gasteiger partial charge in [-0.2, -0.15) is 0 Å². The van der Waals surface area contributed by atoms with Crippen LogP contribution < -0.4 is 4.90 Å². The van der Waals surface area contributed by atoms with Gasteiger partial charge >= 0.3 is 0 Å². The van der Waals surface area contributed by atoms with E-state index in [-0.39, 0.29) is 12.0 Å². The molecule has 0 saturated carbocycles. The van der Waals surface area contributed by atoms with Gasteiger partial charge in [0.05, 0.1) is 6.61 Å². The fourth-order valence-electron chi connectivity index (χ4n) is 3.55. The summed E-state index contributed by atoms with van der Waals surface area (Å²) in [5, 5.41) is 10.4. The minimum absolute atomic E-state index is 0.128. The predicted octanol–water partition coefficient (Wildman–Crippen LogP) is 3.00. The summed E-state index contributed by atoms with van der Waals surface area (Å²) in [5.41, 5.74) is 4.49. The summed E-state index contributed by atoms with van der Waals surface area (Å²) in [7, 11) is 6.26. The van der Waals surface area contributed by atoms with Crippen LogP contribution in [0, 0.1) is 0 Å². The fourth-order valence-corrected chi connectivity index (χ4v) is 3.55. The zero-order chi connectivity index (χ0) is 15.7. The monoisotopic (exact) mass is 296 g/mol. The minimum Gasteiger partial charge on any atom is -0.395 e. The van der Waals surface area contributed by atoms with E-state index >= 15 is 0 Å². The van der Waals surface area contributed by atoms with Crippen LogP contribution in [0.2, 0.25) is 0 Å². The molecule has 1 aliphatic rings. The maximum atomic E-state index is 10.4. The Labute approximate surface area is 132 Å². The fraction of sp³-hybridized carbons (Fsp3) is 0.368. The summed E-state index contributed by atoms with van der Waals surface area (Å²) in [6, 6.07) is 16.9. The van der Waals surface area contributed by atoms with Crippen molar-refractivity contribution in [3.05, 3.63) is 59.7 Å². The van der Waals surface area contributed by atoms with Gasteiger partial charge in [0, 0.05) is 23.8 Å². The Bertz CT molecular complexity index is 618. The topological polar surface area (TPSA) is 26.7 Å². The second-order valence-electron chi connectivity index (χ2n) is 6.39. The number of fused-ring (bicyclic) bond motifs is 2. The highest BCUT2D eigenvalue weighted by molar-refractivity contribution is 5.77. The molecule has 1 N–H and O–H groups in total.